The summed E-state index contributed by atoms with van der Waals surface area (Å²) in [5, 5.41) is 22.1. The second kappa shape index (κ2) is 6.98. The lowest BCUT2D eigenvalue weighted by Crippen LogP contribution is -2.54. The van der Waals surface area contributed by atoms with Crippen LogP contribution in [0.5, 0.6) is 5.75 Å². The first-order valence-electron chi connectivity index (χ1n) is 8.93. The Kier molecular flexibility index (Phi) is 4.95. The van der Waals surface area contributed by atoms with E-state index in [0.717, 1.165) is 30.7 Å². The number of aliphatic hydroxyl groups is 1. The van der Waals surface area contributed by atoms with Gasteiger partial charge in [-0.2, -0.15) is 0 Å². The Morgan fingerprint density at radius 3 is 3.00 bits per heavy atom. The number of aromatic hydroxyl groups is 1. The predicted octanol–water partition coefficient (Wildman–Crippen LogP) is 3.37. The standard InChI is InChI=1S/C20H27NO3/c1-14-9-16-3-2-8-20(11-14,12-16)21-19(24)7-5-15-4-6-17(13-22)18(23)10-15/h4-7,10,14,16,22-23H,2-3,8-9,11-13H2,1H3,(H,21,24)/b7-5+. The third-order valence-corrected chi connectivity index (χ3v) is 5.52. The molecule has 3 unspecified atom stereocenters. The van der Waals surface area contributed by atoms with E-state index in [1.165, 1.54) is 19.3 Å². The van der Waals surface area contributed by atoms with Gasteiger partial charge in [0.25, 0.3) is 0 Å². The van der Waals surface area contributed by atoms with Gasteiger partial charge in [-0.3, -0.25) is 4.79 Å². The zero-order valence-corrected chi connectivity index (χ0v) is 14.3. The number of nitrogens with one attached hydrogen (secondary N) is 1. The molecule has 24 heavy (non-hydrogen) atoms. The summed E-state index contributed by atoms with van der Waals surface area (Å²) < 4.78 is 0. The maximum Gasteiger partial charge on any atom is 0.244 e. The van der Waals surface area contributed by atoms with Gasteiger partial charge in [0, 0.05) is 17.2 Å². The van der Waals surface area contributed by atoms with Crippen molar-refractivity contribution in [2.24, 2.45) is 11.8 Å². The van der Waals surface area contributed by atoms with Crippen LogP contribution in [0.4, 0.5) is 0 Å². The van der Waals surface area contributed by atoms with Crippen molar-refractivity contribution in [3.63, 3.8) is 0 Å². The third kappa shape index (κ3) is 3.81. The fourth-order valence-corrected chi connectivity index (χ4v) is 4.65. The van der Waals surface area contributed by atoms with Gasteiger partial charge in [-0.15, -0.1) is 0 Å². The monoisotopic (exact) mass is 329 g/mol. The summed E-state index contributed by atoms with van der Waals surface area (Å²) in [4.78, 5) is 12.4. The Labute approximate surface area is 143 Å². The third-order valence-electron chi connectivity index (χ3n) is 5.52. The quantitative estimate of drug-likeness (QED) is 0.742. The number of carbonyl (C=O) groups excluding carboxylic acids is 1. The van der Waals surface area contributed by atoms with Crippen LogP contribution in [0.1, 0.15) is 56.6 Å². The Balaban J connectivity index is 1.65. The van der Waals surface area contributed by atoms with E-state index in [-0.39, 0.29) is 23.8 Å². The number of aliphatic hydroxyl groups excluding tert-OH is 1. The molecule has 1 amide bonds. The average Bonchev–Trinajstić information content (AvgIpc) is 2.52. The van der Waals surface area contributed by atoms with Gasteiger partial charge < -0.3 is 15.5 Å². The van der Waals surface area contributed by atoms with E-state index in [9.17, 15) is 9.90 Å². The first-order valence-corrected chi connectivity index (χ1v) is 8.93. The molecule has 2 fully saturated rings. The molecular formula is C20H27NO3. The number of hydrogen-bond acceptors (Lipinski definition) is 3. The van der Waals surface area contributed by atoms with Gasteiger partial charge in [-0.1, -0.05) is 31.9 Å². The summed E-state index contributed by atoms with van der Waals surface area (Å²) in [7, 11) is 0. The van der Waals surface area contributed by atoms with E-state index >= 15 is 0 Å². The van der Waals surface area contributed by atoms with Gasteiger partial charge in [-0.05, 0) is 55.2 Å². The SMILES string of the molecule is CC1CC2CCCC(NC(=O)/C=C/c3ccc(CO)c(O)c3)(C1)C2. The van der Waals surface area contributed by atoms with Crippen LogP contribution >= 0.6 is 0 Å². The van der Waals surface area contributed by atoms with Gasteiger partial charge in [0.1, 0.15) is 5.75 Å². The molecule has 1 aromatic carbocycles. The Hall–Kier alpha value is -1.81. The van der Waals surface area contributed by atoms with Gasteiger partial charge >= 0.3 is 0 Å². The minimum Gasteiger partial charge on any atom is -0.508 e. The molecule has 0 saturated heterocycles. The maximum absolute atomic E-state index is 12.4. The number of hydrogen-bond donors (Lipinski definition) is 3. The topological polar surface area (TPSA) is 69.6 Å². The highest BCUT2D eigenvalue weighted by molar-refractivity contribution is 5.92. The first-order chi connectivity index (χ1) is 11.5. The fourth-order valence-electron chi connectivity index (χ4n) is 4.65. The summed E-state index contributed by atoms with van der Waals surface area (Å²) in [6.07, 6.45) is 10.3. The smallest absolute Gasteiger partial charge is 0.244 e. The van der Waals surface area contributed by atoms with Crippen molar-refractivity contribution in [2.75, 3.05) is 0 Å². The molecule has 4 nitrogen and oxygen atoms in total. The van der Waals surface area contributed by atoms with Crippen LogP contribution in [0.15, 0.2) is 24.3 Å². The second-order valence-corrected chi connectivity index (χ2v) is 7.66. The summed E-state index contributed by atoms with van der Waals surface area (Å²) in [6, 6.07) is 5.01. The molecule has 3 N–H and O–H groups in total. The maximum atomic E-state index is 12.4. The fraction of sp³-hybridized carbons (Fsp3) is 0.550. The van der Waals surface area contributed by atoms with Crippen molar-refractivity contribution in [3.8, 4) is 5.75 Å². The lowest BCUT2D eigenvalue weighted by Gasteiger charge is -2.48. The highest BCUT2D eigenvalue weighted by atomic mass is 16.3. The van der Waals surface area contributed by atoms with Crippen LogP contribution in [0.25, 0.3) is 6.08 Å². The summed E-state index contributed by atoms with van der Waals surface area (Å²) in [5.41, 5.74) is 1.21. The van der Waals surface area contributed by atoms with E-state index < -0.39 is 0 Å². The highest BCUT2D eigenvalue weighted by Gasteiger charge is 2.42. The van der Waals surface area contributed by atoms with Crippen molar-refractivity contribution in [2.45, 2.75) is 57.6 Å². The van der Waals surface area contributed by atoms with Crippen LogP contribution < -0.4 is 5.32 Å². The normalized spacial score (nSPS) is 29.6. The molecule has 0 heterocycles. The molecule has 0 radical (unpaired) electrons. The molecular weight excluding hydrogens is 302 g/mol. The summed E-state index contributed by atoms with van der Waals surface area (Å²) in [5.74, 6) is 1.43. The molecule has 0 aromatic heterocycles. The number of benzene rings is 1. The molecule has 0 spiro atoms. The van der Waals surface area contributed by atoms with Crippen LogP contribution in [0.3, 0.4) is 0 Å². The number of carbonyl (C=O) groups is 1. The van der Waals surface area contributed by atoms with E-state index in [4.69, 9.17) is 5.11 Å². The van der Waals surface area contributed by atoms with E-state index in [1.54, 1.807) is 30.4 Å². The zero-order chi connectivity index (χ0) is 17.2. The van der Waals surface area contributed by atoms with Crippen molar-refractivity contribution in [3.05, 3.63) is 35.4 Å². The highest BCUT2D eigenvalue weighted by Crippen LogP contribution is 2.45. The molecule has 4 heteroatoms. The number of fused-ring (bicyclic) bond motifs is 2. The largest absolute Gasteiger partial charge is 0.508 e. The van der Waals surface area contributed by atoms with Crippen molar-refractivity contribution >= 4 is 12.0 Å². The van der Waals surface area contributed by atoms with E-state index in [1.807, 2.05) is 0 Å². The molecule has 1 aromatic rings. The minimum absolute atomic E-state index is 0.0229. The summed E-state index contributed by atoms with van der Waals surface area (Å²) in [6.45, 7) is 2.10. The summed E-state index contributed by atoms with van der Waals surface area (Å²) >= 11 is 0. The molecule has 2 bridgehead atoms. The van der Waals surface area contributed by atoms with Crippen molar-refractivity contribution < 1.29 is 15.0 Å². The van der Waals surface area contributed by atoms with Crippen molar-refractivity contribution in [1.82, 2.24) is 5.32 Å². The number of rotatable bonds is 4. The minimum atomic E-state index is -0.196. The van der Waals surface area contributed by atoms with Crippen LogP contribution in [0.2, 0.25) is 0 Å². The van der Waals surface area contributed by atoms with Crippen LogP contribution in [-0.4, -0.2) is 21.7 Å². The Morgan fingerprint density at radius 2 is 2.25 bits per heavy atom. The van der Waals surface area contributed by atoms with E-state index in [0.29, 0.717) is 11.5 Å². The number of phenols is 1. The number of amides is 1. The lowest BCUT2D eigenvalue weighted by molar-refractivity contribution is -0.119. The Bertz CT molecular complexity index is 636. The van der Waals surface area contributed by atoms with Gasteiger partial charge in [0.15, 0.2) is 0 Å². The van der Waals surface area contributed by atoms with Crippen LogP contribution in [-0.2, 0) is 11.4 Å². The molecule has 130 valence electrons. The predicted molar refractivity (Wildman–Crippen MR) is 94.3 cm³/mol. The first kappa shape index (κ1) is 17.0. The molecule has 3 rings (SSSR count). The average molecular weight is 329 g/mol. The molecule has 3 atom stereocenters. The molecule has 2 aliphatic carbocycles. The van der Waals surface area contributed by atoms with Crippen molar-refractivity contribution in [1.29, 1.82) is 0 Å². The lowest BCUT2D eigenvalue weighted by atomic mass is 9.64. The van der Waals surface area contributed by atoms with Gasteiger partial charge in [0.2, 0.25) is 5.91 Å². The molecule has 2 saturated carbocycles. The second-order valence-electron chi connectivity index (χ2n) is 7.66. The van der Waals surface area contributed by atoms with Gasteiger partial charge in [0.05, 0.1) is 6.61 Å². The van der Waals surface area contributed by atoms with E-state index in [2.05, 4.69) is 12.2 Å². The molecule has 0 aliphatic heterocycles. The van der Waals surface area contributed by atoms with Gasteiger partial charge in [-0.25, -0.2) is 0 Å². The zero-order valence-electron chi connectivity index (χ0n) is 14.3. The molecule has 2 aliphatic rings. The Morgan fingerprint density at radius 1 is 1.42 bits per heavy atom. The van der Waals surface area contributed by atoms with Crippen LogP contribution in [0, 0.1) is 11.8 Å².